The van der Waals surface area contributed by atoms with E-state index in [1.165, 1.54) is 0 Å². The van der Waals surface area contributed by atoms with Gasteiger partial charge in [0.15, 0.2) is 0 Å². The van der Waals surface area contributed by atoms with Crippen LogP contribution in [0.5, 0.6) is 0 Å². The molecule has 1 saturated heterocycles. The van der Waals surface area contributed by atoms with Crippen molar-refractivity contribution in [2.75, 3.05) is 32.8 Å². The van der Waals surface area contributed by atoms with Crippen LogP contribution in [0.3, 0.4) is 0 Å². The standard InChI is InChI=1S/C11H21N5O2/c1-2-9(8-17)16-5-3-15(4-6-16)7-10-12-11(18)14-13-10/h9,17H,2-8H2,1H3,(H2,12,13,14,18). The zero-order valence-corrected chi connectivity index (χ0v) is 10.7. The molecule has 0 saturated carbocycles. The molecule has 0 amide bonds. The Kier molecular flexibility index (Phi) is 4.51. The van der Waals surface area contributed by atoms with E-state index in [1.54, 1.807) is 0 Å². The van der Waals surface area contributed by atoms with Gasteiger partial charge in [-0.2, -0.15) is 5.10 Å². The highest BCUT2D eigenvalue weighted by Crippen LogP contribution is 2.10. The van der Waals surface area contributed by atoms with Gasteiger partial charge in [0.25, 0.3) is 0 Å². The van der Waals surface area contributed by atoms with Crippen LogP contribution in [0.15, 0.2) is 4.79 Å². The minimum atomic E-state index is -0.255. The molecule has 0 spiro atoms. The smallest absolute Gasteiger partial charge is 0.340 e. The largest absolute Gasteiger partial charge is 0.395 e. The second-order valence-corrected chi connectivity index (χ2v) is 4.68. The molecule has 1 aromatic heterocycles. The third-order valence-corrected chi connectivity index (χ3v) is 3.53. The monoisotopic (exact) mass is 255 g/mol. The van der Waals surface area contributed by atoms with Crippen LogP contribution in [-0.2, 0) is 6.54 Å². The Bertz CT molecular complexity index is 404. The molecule has 7 nitrogen and oxygen atoms in total. The highest BCUT2D eigenvalue weighted by Gasteiger charge is 2.22. The summed E-state index contributed by atoms with van der Waals surface area (Å²) in [6, 6.07) is 0.275. The summed E-state index contributed by atoms with van der Waals surface area (Å²) >= 11 is 0. The lowest BCUT2D eigenvalue weighted by Gasteiger charge is -2.38. The minimum Gasteiger partial charge on any atom is -0.395 e. The van der Waals surface area contributed by atoms with Crippen molar-refractivity contribution in [1.29, 1.82) is 0 Å². The lowest BCUT2D eigenvalue weighted by Crippen LogP contribution is -2.50. The molecule has 0 radical (unpaired) electrons. The topological polar surface area (TPSA) is 88.2 Å². The van der Waals surface area contributed by atoms with Crippen molar-refractivity contribution < 1.29 is 5.11 Å². The van der Waals surface area contributed by atoms with Crippen molar-refractivity contribution in [2.24, 2.45) is 0 Å². The summed E-state index contributed by atoms with van der Waals surface area (Å²) in [5, 5.41) is 15.6. The molecular formula is C11H21N5O2. The van der Waals surface area contributed by atoms with E-state index >= 15 is 0 Å². The van der Waals surface area contributed by atoms with E-state index in [4.69, 9.17) is 0 Å². The Morgan fingerprint density at radius 2 is 2.11 bits per heavy atom. The first-order chi connectivity index (χ1) is 8.72. The normalized spacial score (nSPS) is 20.1. The van der Waals surface area contributed by atoms with E-state index in [-0.39, 0.29) is 18.3 Å². The van der Waals surface area contributed by atoms with Gasteiger partial charge in [0.1, 0.15) is 5.82 Å². The number of aromatic amines is 2. The molecule has 3 N–H and O–H groups in total. The summed E-state index contributed by atoms with van der Waals surface area (Å²) in [7, 11) is 0. The van der Waals surface area contributed by atoms with E-state index in [0.717, 1.165) is 32.6 Å². The molecule has 1 fully saturated rings. The molecule has 0 aromatic carbocycles. The Hall–Kier alpha value is -1.18. The number of hydrogen-bond acceptors (Lipinski definition) is 5. The first-order valence-corrected chi connectivity index (χ1v) is 6.43. The zero-order valence-electron chi connectivity index (χ0n) is 10.7. The fourth-order valence-corrected chi connectivity index (χ4v) is 2.38. The zero-order chi connectivity index (χ0) is 13.0. The first kappa shape index (κ1) is 13.3. The number of rotatable bonds is 5. The van der Waals surface area contributed by atoms with Gasteiger partial charge in [0, 0.05) is 32.2 Å². The average Bonchev–Trinajstić information content (AvgIpc) is 2.78. The summed E-state index contributed by atoms with van der Waals surface area (Å²) in [6.07, 6.45) is 0.975. The van der Waals surface area contributed by atoms with Crippen LogP contribution in [0.25, 0.3) is 0 Å². The lowest BCUT2D eigenvalue weighted by molar-refractivity contribution is 0.0599. The molecule has 1 aliphatic rings. The van der Waals surface area contributed by atoms with Gasteiger partial charge in [-0.25, -0.2) is 9.89 Å². The third kappa shape index (κ3) is 3.18. The summed E-state index contributed by atoms with van der Waals surface area (Å²) in [5.74, 6) is 0.683. The molecule has 2 heterocycles. The van der Waals surface area contributed by atoms with Crippen molar-refractivity contribution in [3.05, 3.63) is 16.3 Å². The van der Waals surface area contributed by atoms with Gasteiger partial charge in [-0.3, -0.25) is 14.8 Å². The summed E-state index contributed by atoms with van der Waals surface area (Å²) in [5.41, 5.74) is -0.255. The summed E-state index contributed by atoms with van der Waals surface area (Å²) in [6.45, 7) is 6.77. The number of nitrogens with one attached hydrogen (secondary N) is 2. The van der Waals surface area contributed by atoms with E-state index < -0.39 is 0 Å². The third-order valence-electron chi connectivity index (χ3n) is 3.53. The Balaban J connectivity index is 1.81. The second kappa shape index (κ2) is 6.12. The lowest BCUT2D eigenvalue weighted by atomic mass is 10.1. The van der Waals surface area contributed by atoms with E-state index in [2.05, 4.69) is 31.9 Å². The average molecular weight is 255 g/mol. The van der Waals surface area contributed by atoms with Crippen LogP contribution < -0.4 is 5.69 Å². The van der Waals surface area contributed by atoms with E-state index in [1.807, 2.05) is 0 Å². The fraction of sp³-hybridized carbons (Fsp3) is 0.818. The summed E-state index contributed by atoms with van der Waals surface area (Å²) < 4.78 is 0. The molecular weight excluding hydrogens is 234 g/mol. The van der Waals surface area contributed by atoms with Crippen LogP contribution >= 0.6 is 0 Å². The highest BCUT2D eigenvalue weighted by atomic mass is 16.3. The number of H-pyrrole nitrogens is 2. The molecule has 0 bridgehead atoms. The molecule has 1 aromatic rings. The molecule has 102 valence electrons. The molecule has 18 heavy (non-hydrogen) atoms. The first-order valence-electron chi connectivity index (χ1n) is 6.43. The van der Waals surface area contributed by atoms with Crippen LogP contribution in [0.2, 0.25) is 0 Å². The molecule has 1 unspecified atom stereocenters. The van der Waals surface area contributed by atoms with Crippen LogP contribution in [0.1, 0.15) is 19.2 Å². The summed E-state index contributed by atoms with van der Waals surface area (Å²) in [4.78, 5) is 18.2. The van der Waals surface area contributed by atoms with Gasteiger partial charge in [-0.1, -0.05) is 6.92 Å². The minimum absolute atomic E-state index is 0.225. The van der Waals surface area contributed by atoms with Crippen molar-refractivity contribution in [3.63, 3.8) is 0 Å². The van der Waals surface area contributed by atoms with Gasteiger partial charge in [0.05, 0.1) is 13.2 Å². The van der Waals surface area contributed by atoms with Crippen LogP contribution in [0.4, 0.5) is 0 Å². The number of piperazine rings is 1. The van der Waals surface area contributed by atoms with Gasteiger partial charge in [-0.15, -0.1) is 0 Å². The van der Waals surface area contributed by atoms with Gasteiger partial charge >= 0.3 is 5.69 Å². The Morgan fingerprint density at radius 3 is 2.61 bits per heavy atom. The number of aliphatic hydroxyl groups excluding tert-OH is 1. The van der Waals surface area contributed by atoms with Crippen molar-refractivity contribution in [1.82, 2.24) is 25.0 Å². The number of aromatic nitrogens is 3. The highest BCUT2D eigenvalue weighted by molar-refractivity contribution is 4.84. The second-order valence-electron chi connectivity index (χ2n) is 4.68. The van der Waals surface area contributed by atoms with E-state index in [9.17, 15) is 9.90 Å². The van der Waals surface area contributed by atoms with Crippen molar-refractivity contribution in [2.45, 2.75) is 25.9 Å². The molecule has 1 aliphatic heterocycles. The molecule has 7 heteroatoms. The fourth-order valence-electron chi connectivity index (χ4n) is 2.38. The Morgan fingerprint density at radius 1 is 1.39 bits per heavy atom. The quantitative estimate of drug-likeness (QED) is 0.627. The van der Waals surface area contributed by atoms with Crippen molar-refractivity contribution >= 4 is 0 Å². The maximum Gasteiger partial charge on any atom is 0.340 e. The van der Waals surface area contributed by atoms with E-state index in [0.29, 0.717) is 12.4 Å². The van der Waals surface area contributed by atoms with Gasteiger partial charge in [-0.05, 0) is 6.42 Å². The predicted molar refractivity (Wildman–Crippen MR) is 67.2 cm³/mol. The number of nitrogens with zero attached hydrogens (tertiary/aromatic N) is 3. The molecule has 2 rings (SSSR count). The maximum absolute atomic E-state index is 10.9. The van der Waals surface area contributed by atoms with Crippen LogP contribution in [-0.4, -0.2) is 68.9 Å². The van der Waals surface area contributed by atoms with Gasteiger partial charge < -0.3 is 5.11 Å². The van der Waals surface area contributed by atoms with Crippen LogP contribution in [0, 0.1) is 0 Å². The van der Waals surface area contributed by atoms with Crippen molar-refractivity contribution in [3.8, 4) is 0 Å². The Labute approximate surface area is 106 Å². The molecule has 1 atom stereocenters. The molecule has 0 aliphatic carbocycles. The maximum atomic E-state index is 10.9. The SMILES string of the molecule is CCC(CO)N1CCN(Cc2n[nH]c(=O)[nH]2)CC1. The predicted octanol–water partition coefficient (Wildman–Crippen LogP) is -1.01. The van der Waals surface area contributed by atoms with Gasteiger partial charge in [0.2, 0.25) is 0 Å². The number of hydrogen-bond donors (Lipinski definition) is 3. The number of aliphatic hydroxyl groups is 1.